The quantitative estimate of drug-likeness (QED) is 0.539. The van der Waals surface area contributed by atoms with Crippen LogP contribution in [0.3, 0.4) is 0 Å². The van der Waals surface area contributed by atoms with E-state index in [1.165, 1.54) is 0 Å². The summed E-state index contributed by atoms with van der Waals surface area (Å²) < 4.78 is 5.74. The molecular weight excluding hydrogens is 300 g/mol. The smallest absolute Gasteiger partial charge is 0.228 e. The summed E-state index contributed by atoms with van der Waals surface area (Å²) in [6, 6.07) is 23.5. The molecule has 0 aliphatic rings. The molecule has 0 saturated heterocycles. The van der Waals surface area contributed by atoms with E-state index in [0.29, 0.717) is 16.7 Å². The van der Waals surface area contributed by atoms with Crippen LogP contribution in [0.15, 0.2) is 83.3 Å². The molecule has 1 aromatic heterocycles. The number of aromatic hydroxyl groups is 1. The van der Waals surface area contributed by atoms with Crippen LogP contribution in [0.4, 0.5) is 0 Å². The van der Waals surface area contributed by atoms with E-state index in [1.54, 1.807) is 30.3 Å². The monoisotopic (exact) mass is 314 g/mol. The lowest BCUT2D eigenvalue weighted by molar-refractivity contribution is 0.101. The number of ketones is 1. The minimum atomic E-state index is -0.176. The molecule has 116 valence electrons. The molecule has 3 heteroatoms. The minimum absolute atomic E-state index is 0.160. The van der Waals surface area contributed by atoms with Gasteiger partial charge in [0.25, 0.3) is 0 Å². The second-order valence-corrected chi connectivity index (χ2v) is 5.54. The molecular formula is C21H14O3. The number of furan rings is 1. The Kier molecular flexibility index (Phi) is 3.39. The van der Waals surface area contributed by atoms with Crippen LogP contribution < -0.4 is 0 Å². The highest BCUT2D eigenvalue weighted by molar-refractivity contribution is 6.10. The Hall–Kier alpha value is -3.33. The maximum atomic E-state index is 12.6. The Morgan fingerprint density at radius 1 is 0.833 bits per heavy atom. The average molecular weight is 314 g/mol. The van der Waals surface area contributed by atoms with Crippen molar-refractivity contribution < 1.29 is 14.3 Å². The van der Waals surface area contributed by atoms with Crippen molar-refractivity contribution in [3.05, 3.63) is 90.2 Å². The SMILES string of the molecule is O=C(c1ccccc1)c1cc2c(-c3ccccc3)c(O)ccc2o1. The Morgan fingerprint density at radius 2 is 1.50 bits per heavy atom. The summed E-state index contributed by atoms with van der Waals surface area (Å²) in [7, 11) is 0. The second-order valence-electron chi connectivity index (χ2n) is 5.54. The summed E-state index contributed by atoms with van der Waals surface area (Å²) in [5.41, 5.74) is 2.69. The van der Waals surface area contributed by atoms with Crippen LogP contribution in [-0.4, -0.2) is 10.9 Å². The molecule has 0 bridgehead atoms. The van der Waals surface area contributed by atoms with Gasteiger partial charge in [-0.05, 0) is 23.8 Å². The third-order valence-electron chi connectivity index (χ3n) is 4.00. The van der Waals surface area contributed by atoms with Gasteiger partial charge in [-0.15, -0.1) is 0 Å². The van der Waals surface area contributed by atoms with E-state index in [1.807, 2.05) is 48.5 Å². The van der Waals surface area contributed by atoms with Gasteiger partial charge in [-0.3, -0.25) is 4.79 Å². The van der Waals surface area contributed by atoms with Crippen molar-refractivity contribution in [1.29, 1.82) is 0 Å². The first-order valence-corrected chi connectivity index (χ1v) is 7.65. The van der Waals surface area contributed by atoms with Gasteiger partial charge in [0.05, 0.1) is 0 Å². The van der Waals surface area contributed by atoms with Crippen LogP contribution in [0.2, 0.25) is 0 Å². The number of rotatable bonds is 3. The van der Waals surface area contributed by atoms with Crippen LogP contribution in [0.1, 0.15) is 16.1 Å². The molecule has 0 amide bonds. The van der Waals surface area contributed by atoms with Gasteiger partial charge >= 0.3 is 0 Å². The van der Waals surface area contributed by atoms with E-state index in [4.69, 9.17) is 4.42 Å². The summed E-state index contributed by atoms with van der Waals surface area (Å²) in [6.07, 6.45) is 0. The number of carbonyl (C=O) groups is 1. The van der Waals surface area contributed by atoms with Gasteiger partial charge in [0.15, 0.2) is 5.76 Å². The molecule has 0 spiro atoms. The van der Waals surface area contributed by atoms with Gasteiger partial charge in [-0.2, -0.15) is 0 Å². The molecule has 1 N–H and O–H groups in total. The van der Waals surface area contributed by atoms with Crippen molar-refractivity contribution >= 4 is 16.8 Å². The second kappa shape index (κ2) is 5.70. The van der Waals surface area contributed by atoms with Crippen molar-refractivity contribution in [3.8, 4) is 16.9 Å². The van der Waals surface area contributed by atoms with Crippen molar-refractivity contribution in [2.24, 2.45) is 0 Å². The Labute approximate surface area is 138 Å². The van der Waals surface area contributed by atoms with Crippen LogP contribution in [0, 0.1) is 0 Å². The summed E-state index contributed by atoms with van der Waals surface area (Å²) >= 11 is 0. The average Bonchev–Trinajstić information content (AvgIpc) is 3.06. The number of phenolic OH excluding ortho intramolecular Hbond substituents is 1. The summed E-state index contributed by atoms with van der Waals surface area (Å²) in [6.45, 7) is 0. The van der Waals surface area contributed by atoms with E-state index in [9.17, 15) is 9.90 Å². The zero-order valence-corrected chi connectivity index (χ0v) is 12.8. The van der Waals surface area contributed by atoms with E-state index in [-0.39, 0.29) is 17.3 Å². The highest BCUT2D eigenvalue weighted by Gasteiger charge is 2.18. The number of hydrogen-bond acceptors (Lipinski definition) is 3. The minimum Gasteiger partial charge on any atom is -0.507 e. The van der Waals surface area contributed by atoms with Gasteiger partial charge in [-0.25, -0.2) is 0 Å². The van der Waals surface area contributed by atoms with Crippen molar-refractivity contribution in [1.82, 2.24) is 0 Å². The largest absolute Gasteiger partial charge is 0.507 e. The first kappa shape index (κ1) is 14.3. The normalized spacial score (nSPS) is 10.8. The zero-order chi connectivity index (χ0) is 16.5. The molecule has 4 rings (SSSR count). The molecule has 0 aliphatic carbocycles. The fourth-order valence-electron chi connectivity index (χ4n) is 2.85. The maximum absolute atomic E-state index is 12.6. The lowest BCUT2D eigenvalue weighted by Crippen LogP contribution is -1.98. The number of benzene rings is 3. The fraction of sp³-hybridized carbons (Fsp3) is 0. The van der Waals surface area contributed by atoms with Crippen molar-refractivity contribution in [2.75, 3.05) is 0 Å². The van der Waals surface area contributed by atoms with Crippen molar-refractivity contribution in [3.63, 3.8) is 0 Å². The third-order valence-corrected chi connectivity index (χ3v) is 4.00. The summed E-state index contributed by atoms with van der Waals surface area (Å²) in [5.74, 6) is 0.248. The first-order chi connectivity index (χ1) is 11.7. The molecule has 0 unspecified atom stereocenters. The summed E-state index contributed by atoms with van der Waals surface area (Å²) in [4.78, 5) is 12.6. The standard InChI is InChI=1S/C21H14O3/c22-17-11-12-18-16(20(17)14-7-3-1-4-8-14)13-19(24-18)21(23)15-9-5-2-6-10-15/h1-13,22H. The molecule has 24 heavy (non-hydrogen) atoms. The molecule has 3 nitrogen and oxygen atoms in total. The van der Waals surface area contributed by atoms with Crippen LogP contribution in [-0.2, 0) is 0 Å². The highest BCUT2D eigenvalue weighted by atomic mass is 16.3. The van der Waals surface area contributed by atoms with Gasteiger partial charge in [-0.1, -0.05) is 60.7 Å². The maximum Gasteiger partial charge on any atom is 0.228 e. The van der Waals surface area contributed by atoms with Crippen LogP contribution in [0.5, 0.6) is 5.75 Å². The number of fused-ring (bicyclic) bond motifs is 1. The lowest BCUT2D eigenvalue weighted by Gasteiger charge is -2.05. The molecule has 0 atom stereocenters. The zero-order valence-electron chi connectivity index (χ0n) is 12.8. The van der Waals surface area contributed by atoms with Crippen molar-refractivity contribution in [2.45, 2.75) is 0 Å². The predicted molar refractivity (Wildman–Crippen MR) is 93.2 cm³/mol. The number of hydrogen-bond donors (Lipinski definition) is 1. The summed E-state index contributed by atoms with van der Waals surface area (Å²) in [5, 5.41) is 11.0. The molecule has 0 saturated carbocycles. The van der Waals surface area contributed by atoms with Gasteiger partial charge in [0.1, 0.15) is 11.3 Å². The van der Waals surface area contributed by atoms with E-state index in [0.717, 1.165) is 10.9 Å². The number of phenols is 1. The van der Waals surface area contributed by atoms with Crippen LogP contribution in [0.25, 0.3) is 22.1 Å². The predicted octanol–water partition coefficient (Wildman–Crippen LogP) is 5.04. The van der Waals surface area contributed by atoms with Crippen LogP contribution >= 0.6 is 0 Å². The van der Waals surface area contributed by atoms with Gasteiger partial charge in [0, 0.05) is 16.5 Å². The Morgan fingerprint density at radius 3 is 2.21 bits per heavy atom. The molecule has 3 aromatic carbocycles. The lowest BCUT2D eigenvalue weighted by atomic mass is 10.00. The molecule has 4 aromatic rings. The third kappa shape index (κ3) is 2.36. The molecule has 1 heterocycles. The Balaban J connectivity index is 1.89. The Bertz CT molecular complexity index is 1020. The molecule has 0 aliphatic heterocycles. The molecule has 0 fully saturated rings. The van der Waals surface area contributed by atoms with E-state index >= 15 is 0 Å². The van der Waals surface area contributed by atoms with E-state index in [2.05, 4.69) is 0 Å². The van der Waals surface area contributed by atoms with Gasteiger partial charge in [0.2, 0.25) is 5.78 Å². The number of carbonyl (C=O) groups excluding carboxylic acids is 1. The fourth-order valence-corrected chi connectivity index (χ4v) is 2.85. The topological polar surface area (TPSA) is 50.4 Å². The van der Waals surface area contributed by atoms with E-state index < -0.39 is 0 Å². The highest BCUT2D eigenvalue weighted by Crippen LogP contribution is 2.38. The first-order valence-electron chi connectivity index (χ1n) is 7.65. The van der Waals surface area contributed by atoms with Gasteiger partial charge < -0.3 is 9.52 Å². The molecule has 0 radical (unpaired) electrons.